The van der Waals surface area contributed by atoms with E-state index < -0.39 is 0 Å². The van der Waals surface area contributed by atoms with Gasteiger partial charge < -0.3 is 20.3 Å². The maximum absolute atomic E-state index is 13.2. The number of carbonyl (C=O) groups is 3. The van der Waals surface area contributed by atoms with Crippen LogP contribution in [0.2, 0.25) is 0 Å². The highest BCUT2D eigenvalue weighted by molar-refractivity contribution is 5.93. The summed E-state index contributed by atoms with van der Waals surface area (Å²) in [5.74, 6) is 2.07. The Morgan fingerprint density at radius 3 is 2.39 bits per heavy atom. The third-order valence-electron chi connectivity index (χ3n) is 8.71. The summed E-state index contributed by atoms with van der Waals surface area (Å²) in [6.45, 7) is 2.86. The lowest BCUT2D eigenvalue weighted by molar-refractivity contribution is -0.136. The summed E-state index contributed by atoms with van der Waals surface area (Å²) in [6, 6.07) is 5.46. The van der Waals surface area contributed by atoms with Crippen LogP contribution >= 0.6 is 0 Å². The SMILES string of the molecule is O=C(Cc1cn2c(C(=O)NCC34CC5CC(CC(C5)C3)C4)cccc2n1)NCC(=O)N1CCOCC1. The second-order valence-corrected chi connectivity index (χ2v) is 11.4. The van der Waals surface area contributed by atoms with Gasteiger partial charge >= 0.3 is 0 Å². The summed E-state index contributed by atoms with van der Waals surface area (Å²) < 4.78 is 7.02. The minimum absolute atomic E-state index is 0.0375. The van der Waals surface area contributed by atoms with Gasteiger partial charge in [0.05, 0.1) is 31.9 Å². The molecule has 4 saturated carbocycles. The Bertz CT molecular complexity index is 1130. The van der Waals surface area contributed by atoms with Gasteiger partial charge in [0.2, 0.25) is 11.8 Å². The summed E-state index contributed by atoms with van der Waals surface area (Å²) in [6.07, 6.45) is 9.72. The van der Waals surface area contributed by atoms with Gasteiger partial charge in [-0.2, -0.15) is 0 Å². The number of hydrogen-bond donors (Lipinski definition) is 2. The highest BCUT2D eigenvalue weighted by atomic mass is 16.5. The molecule has 36 heavy (non-hydrogen) atoms. The van der Waals surface area contributed by atoms with Crippen molar-refractivity contribution in [2.75, 3.05) is 39.4 Å². The smallest absolute Gasteiger partial charge is 0.268 e. The molecule has 1 saturated heterocycles. The van der Waals surface area contributed by atoms with Gasteiger partial charge in [0.25, 0.3) is 5.91 Å². The maximum atomic E-state index is 13.2. The minimum Gasteiger partial charge on any atom is -0.378 e. The average Bonchev–Trinajstić information content (AvgIpc) is 3.28. The standard InChI is InChI=1S/C27H35N5O4/c33-24(28-15-25(34)31-4-6-36-7-5-31)11-21-16-32-22(2-1-3-23(32)30-21)26(35)29-17-27-12-18-8-19(13-27)10-20(9-18)14-27/h1-3,16,18-20H,4-15,17H2,(H,28,33)(H,29,35). The number of carbonyl (C=O) groups excluding carboxylic acids is 3. The number of fused-ring (bicyclic) bond motifs is 1. The molecule has 0 spiro atoms. The van der Waals surface area contributed by atoms with E-state index >= 15 is 0 Å². The van der Waals surface area contributed by atoms with Gasteiger partial charge in [-0.25, -0.2) is 4.98 Å². The lowest BCUT2D eigenvalue weighted by Gasteiger charge is -2.56. The van der Waals surface area contributed by atoms with Crippen molar-refractivity contribution >= 4 is 23.4 Å². The Morgan fingerprint density at radius 1 is 1.00 bits per heavy atom. The van der Waals surface area contributed by atoms with E-state index in [-0.39, 0.29) is 36.1 Å². The Balaban J connectivity index is 1.07. The van der Waals surface area contributed by atoms with Crippen LogP contribution in [0, 0.1) is 23.2 Å². The molecular formula is C27H35N5O4. The van der Waals surface area contributed by atoms with Crippen LogP contribution in [0.1, 0.15) is 54.7 Å². The fraction of sp³-hybridized carbons (Fsp3) is 0.630. The topological polar surface area (TPSA) is 105 Å². The summed E-state index contributed by atoms with van der Waals surface area (Å²) >= 11 is 0. The Kier molecular flexibility index (Phi) is 6.19. The molecule has 0 atom stereocenters. The number of morpholine rings is 1. The van der Waals surface area contributed by atoms with Crippen molar-refractivity contribution in [3.8, 4) is 0 Å². The molecule has 1 aliphatic heterocycles. The fourth-order valence-corrected chi connectivity index (χ4v) is 7.52. The number of nitrogens with zero attached hydrogens (tertiary/aromatic N) is 3. The van der Waals surface area contributed by atoms with Crippen molar-refractivity contribution in [2.45, 2.75) is 44.9 Å². The average molecular weight is 494 g/mol. The molecule has 0 radical (unpaired) electrons. The molecule has 5 fully saturated rings. The molecule has 2 N–H and O–H groups in total. The monoisotopic (exact) mass is 493 g/mol. The first kappa shape index (κ1) is 23.5. The number of pyridine rings is 1. The number of nitrogens with one attached hydrogen (secondary N) is 2. The van der Waals surface area contributed by atoms with Crippen molar-refractivity contribution in [1.82, 2.24) is 24.9 Å². The molecule has 5 aliphatic rings. The van der Waals surface area contributed by atoms with Crippen LogP contribution < -0.4 is 10.6 Å². The first-order chi connectivity index (χ1) is 17.5. The largest absolute Gasteiger partial charge is 0.378 e. The molecule has 2 aromatic heterocycles. The fourth-order valence-electron chi connectivity index (χ4n) is 7.52. The van der Waals surface area contributed by atoms with Crippen LogP contribution in [0.3, 0.4) is 0 Å². The van der Waals surface area contributed by atoms with E-state index in [0.717, 1.165) is 24.3 Å². The molecule has 192 valence electrons. The lowest BCUT2D eigenvalue weighted by Crippen LogP contribution is -2.51. The molecular weight excluding hydrogens is 458 g/mol. The number of ether oxygens (including phenoxy) is 1. The van der Waals surface area contributed by atoms with E-state index in [1.165, 1.54) is 38.5 Å². The van der Waals surface area contributed by atoms with Gasteiger partial charge in [0.1, 0.15) is 11.3 Å². The predicted octanol–water partition coefficient (Wildman–Crippen LogP) is 1.80. The summed E-state index contributed by atoms with van der Waals surface area (Å²) in [5.41, 5.74) is 1.99. The second-order valence-electron chi connectivity index (χ2n) is 11.4. The summed E-state index contributed by atoms with van der Waals surface area (Å²) in [7, 11) is 0. The number of amides is 3. The zero-order valence-corrected chi connectivity index (χ0v) is 20.7. The van der Waals surface area contributed by atoms with E-state index in [2.05, 4.69) is 15.6 Å². The van der Waals surface area contributed by atoms with Crippen LogP contribution in [0.25, 0.3) is 5.65 Å². The predicted molar refractivity (Wildman–Crippen MR) is 132 cm³/mol. The normalized spacial score (nSPS) is 28.9. The number of rotatable bonds is 7. The molecule has 2 aromatic rings. The van der Waals surface area contributed by atoms with Crippen LogP contribution in [0.5, 0.6) is 0 Å². The van der Waals surface area contributed by atoms with E-state index in [1.54, 1.807) is 21.6 Å². The minimum atomic E-state index is -0.271. The Hall–Kier alpha value is -2.94. The lowest BCUT2D eigenvalue weighted by atomic mass is 9.49. The van der Waals surface area contributed by atoms with Crippen molar-refractivity contribution in [2.24, 2.45) is 23.2 Å². The molecule has 3 amide bonds. The first-order valence-electron chi connectivity index (χ1n) is 13.3. The third-order valence-corrected chi connectivity index (χ3v) is 8.71. The zero-order valence-electron chi connectivity index (χ0n) is 20.7. The molecule has 9 nitrogen and oxygen atoms in total. The van der Waals surface area contributed by atoms with E-state index in [9.17, 15) is 14.4 Å². The van der Waals surface area contributed by atoms with Crippen molar-refractivity contribution in [3.63, 3.8) is 0 Å². The quantitative estimate of drug-likeness (QED) is 0.612. The zero-order chi connectivity index (χ0) is 24.7. The van der Waals surface area contributed by atoms with E-state index in [4.69, 9.17) is 4.74 Å². The third kappa shape index (κ3) is 4.73. The highest BCUT2D eigenvalue weighted by Gasteiger charge is 2.50. The van der Waals surface area contributed by atoms with Gasteiger partial charge in [0, 0.05) is 25.8 Å². The molecule has 0 aromatic carbocycles. The van der Waals surface area contributed by atoms with Crippen LogP contribution in [-0.2, 0) is 20.7 Å². The number of hydrogen-bond acceptors (Lipinski definition) is 5. The van der Waals surface area contributed by atoms with Gasteiger partial charge in [-0.05, 0) is 73.8 Å². The van der Waals surface area contributed by atoms with E-state index in [0.29, 0.717) is 43.3 Å². The van der Waals surface area contributed by atoms with Crippen LogP contribution in [-0.4, -0.2) is 71.4 Å². The number of aromatic nitrogens is 2. The van der Waals surface area contributed by atoms with Gasteiger partial charge in [-0.3, -0.25) is 18.8 Å². The Labute approximate surface area is 211 Å². The number of imidazole rings is 1. The van der Waals surface area contributed by atoms with E-state index in [1.807, 2.05) is 12.1 Å². The van der Waals surface area contributed by atoms with Crippen LogP contribution in [0.4, 0.5) is 0 Å². The summed E-state index contributed by atoms with van der Waals surface area (Å²) in [4.78, 5) is 44.2. The highest BCUT2D eigenvalue weighted by Crippen LogP contribution is 2.59. The summed E-state index contributed by atoms with van der Waals surface area (Å²) in [5, 5.41) is 5.94. The van der Waals surface area contributed by atoms with Crippen molar-refractivity contribution in [1.29, 1.82) is 0 Å². The van der Waals surface area contributed by atoms with Crippen LogP contribution in [0.15, 0.2) is 24.4 Å². The van der Waals surface area contributed by atoms with Crippen molar-refractivity contribution < 1.29 is 19.1 Å². The Morgan fingerprint density at radius 2 is 1.69 bits per heavy atom. The molecule has 0 unspecified atom stereocenters. The molecule has 4 bridgehead atoms. The molecule has 9 heteroatoms. The van der Waals surface area contributed by atoms with Gasteiger partial charge in [0.15, 0.2) is 0 Å². The van der Waals surface area contributed by atoms with Crippen molar-refractivity contribution in [3.05, 3.63) is 35.8 Å². The van der Waals surface area contributed by atoms with Gasteiger partial charge in [-0.15, -0.1) is 0 Å². The first-order valence-corrected chi connectivity index (χ1v) is 13.3. The van der Waals surface area contributed by atoms with Gasteiger partial charge in [-0.1, -0.05) is 6.07 Å². The maximum Gasteiger partial charge on any atom is 0.268 e. The molecule has 7 rings (SSSR count). The molecule has 4 aliphatic carbocycles. The second kappa shape index (κ2) is 9.50. The molecule has 3 heterocycles.